The number of phenols is 2. The highest BCUT2D eigenvalue weighted by molar-refractivity contribution is 6.32. The minimum atomic E-state index is -0.400. The number of rotatable bonds is 6. The Morgan fingerprint density at radius 2 is 1.88 bits per heavy atom. The Kier molecular flexibility index (Phi) is 6.88. The predicted molar refractivity (Wildman–Crippen MR) is 124 cm³/mol. The number of amides is 1. The highest BCUT2D eigenvalue weighted by Gasteiger charge is 2.26. The number of carbonyl (C=O) groups excluding carboxylic acids is 1. The maximum atomic E-state index is 12.7. The lowest BCUT2D eigenvalue weighted by molar-refractivity contribution is 0.0792. The molecule has 0 aliphatic carbocycles. The molecule has 1 aliphatic heterocycles. The third-order valence-electron chi connectivity index (χ3n) is 5.76. The van der Waals surface area contributed by atoms with Crippen molar-refractivity contribution in [1.82, 2.24) is 15.4 Å². The molecular formula is C24H26ClN3O5. The zero-order valence-electron chi connectivity index (χ0n) is 18.2. The number of carbonyl (C=O) groups is 1. The Hall–Kier alpha value is -3.07. The maximum absolute atomic E-state index is 12.7. The molecule has 1 aliphatic rings. The van der Waals surface area contributed by atoms with E-state index in [0.29, 0.717) is 17.7 Å². The summed E-state index contributed by atoms with van der Waals surface area (Å²) in [4.78, 5) is 15.0. The molecule has 33 heavy (non-hydrogen) atoms. The van der Waals surface area contributed by atoms with Crippen molar-refractivity contribution in [1.29, 1.82) is 0 Å². The Morgan fingerprint density at radius 1 is 1.18 bits per heavy atom. The van der Waals surface area contributed by atoms with Crippen LogP contribution < -0.4 is 5.32 Å². The van der Waals surface area contributed by atoms with Gasteiger partial charge in [-0.05, 0) is 37.0 Å². The van der Waals surface area contributed by atoms with Crippen LogP contribution >= 0.6 is 11.6 Å². The first-order valence-corrected chi connectivity index (χ1v) is 11.2. The second-order valence-electron chi connectivity index (χ2n) is 8.12. The van der Waals surface area contributed by atoms with Crippen LogP contribution in [0.1, 0.15) is 35.8 Å². The third kappa shape index (κ3) is 4.98. The van der Waals surface area contributed by atoms with E-state index in [1.165, 1.54) is 6.07 Å². The van der Waals surface area contributed by atoms with Gasteiger partial charge in [0.1, 0.15) is 11.5 Å². The zero-order chi connectivity index (χ0) is 23.5. The van der Waals surface area contributed by atoms with Gasteiger partial charge in [-0.2, -0.15) is 0 Å². The molecule has 4 rings (SSSR count). The zero-order valence-corrected chi connectivity index (χ0v) is 19.0. The third-order valence-corrected chi connectivity index (χ3v) is 6.06. The molecule has 1 fully saturated rings. The number of nitrogens with zero attached hydrogens (tertiary/aromatic N) is 2. The van der Waals surface area contributed by atoms with Crippen LogP contribution in [0, 0.1) is 0 Å². The van der Waals surface area contributed by atoms with E-state index in [1.807, 2.05) is 24.3 Å². The maximum Gasteiger partial charge on any atom is 0.274 e. The summed E-state index contributed by atoms with van der Waals surface area (Å²) >= 11 is 6.05. The molecule has 2 heterocycles. The molecule has 4 N–H and O–H groups in total. The number of benzene rings is 2. The van der Waals surface area contributed by atoms with Gasteiger partial charge in [0.2, 0.25) is 0 Å². The number of phenolic OH excluding ortho intramolecular Hbond substituents is 2. The second kappa shape index (κ2) is 9.82. The Balaban J connectivity index is 1.70. The van der Waals surface area contributed by atoms with E-state index in [9.17, 15) is 20.1 Å². The number of aliphatic hydroxyl groups excluding tert-OH is 1. The molecule has 3 aromatic rings. The first-order valence-electron chi connectivity index (χ1n) is 10.9. The molecule has 0 atom stereocenters. The number of aromatic hydroxyl groups is 2. The number of piperidine rings is 1. The number of aliphatic hydroxyl groups is 1. The van der Waals surface area contributed by atoms with Crippen LogP contribution in [0.5, 0.6) is 11.5 Å². The Morgan fingerprint density at radius 3 is 2.55 bits per heavy atom. The van der Waals surface area contributed by atoms with E-state index < -0.39 is 5.91 Å². The van der Waals surface area contributed by atoms with Crippen LogP contribution in [0.25, 0.3) is 22.5 Å². The van der Waals surface area contributed by atoms with Gasteiger partial charge in [0.25, 0.3) is 5.91 Å². The van der Waals surface area contributed by atoms with Crippen LogP contribution in [-0.2, 0) is 6.54 Å². The quantitative estimate of drug-likeness (QED) is 0.432. The number of nitrogens with one attached hydrogen (secondary N) is 1. The number of aromatic nitrogens is 1. The minimum Gasteiger partial charge on any atom is -0.507 e. The molecule has 2 aromatic carbocycles. The topological polar surface area (TPSA) is 119 Å². The van der Waals surface area contributed by atoms with Gasteiger partial charge < -0.3 is 25.2 Å². The SMILES string of the molecule is CCNC(=O)c1noc(-c2cc(Cl)c(O)cc2O)c1-c1ccc(CN2CCC(O)CC2)cc1. The molecule has 1 saturated heterocycles. The minimum absolute atomic E-state index is 0.0340. The van der Waals surface area contributed by atoms with Crippen LogP contribution in [0.3, 0.4) is 0 Å². The van der Waals surface area contributed by atoms with E-state index in [0.717, 1.165) is 44.1 Å². The van der Waals surface area contributed by atoms with Gasteiger partial charge in [-0.3, -0.25) is 9.69 Å². The first kappa shape index (κ1) is 23.1. The molecule has 0 radical (unpaired) electrons. The average molecular weight is 472 g/mol. The van der Waals surface area contributed by atoms with Gasteiger partial charge in [-0.15, -0.1) is 0 Å². The summed E-state index contributed by atoms with van der Waals surface area (Å²) < 4.78 is 5.50. The number of likely N-dealkylation sites (tertiary alicyclic amines) is 1. The normalized spacial score (nSPS) is 15.0. The highest BCUT2D eigenvalue weighted by atomic mass is 35.5. The van der Waals surface area contributed by atoms with Crippen molar-refractivity contribution in [2.75, 3.05) is 19.6 Å². The van der Waals surface area contributed by atoms with Crippen molar-refractivity contribution in [3.63, 3.8) is 0 Å². The van der Waals surface area contributed by atoms with Crippen molar-refractivity contribution in [2.45, 2.75) is 32.4 Å². The fraction of sp³-hybridized carbons (Fsp3) is 0.333. The van der Waals surface area contributed by atoms with Gasteiger partial charge in [0.05, 0.1) is 22.3 Å². The molecule has 8 nitrogen and oxygen atoms in total. The van der Waals surface area contributed by atoms with Crippen molar-refractivity contribution < 1.29 is 24.6 Å². The van der Waals surface area contributed by atoms with E-state index in [4.69, 9.17) is 16.1 Å². The van der Waals surface area contributed by atoms with Crippen molar-refractivity contribution >= 4 is 17.5 Å². The van der Waals surface area contributed by atoms with E-state index in [-0.39, 0.29) is 39.6 Å². The summed E-state index contributed by atoms with van der Waals surface area (Å²) in [5.74, 6) is -0.741. The molecule has 174 valence electrons. The lowest BCUT2D eigenvalue weighted by Crippen LogP contribution is -2.35. The standard InChI is InChI=1S/C24H26ClN3O5/c1-2-26-24(32)22-21(23(33-27-22)17-11-18(25)20(31)12-19(17)30)15-5-3-14(4-6-15)13-28-9-7-16(29)8-10-28/h3-6,11-12,16,29-31H,2,7-10,13H2,1H3,(H,26,32). The van der Waals surface area contributed by atoms with Gasteiger partial charge >= 0.3 is 0 Å². The number of hydrogen-bond acceptors (Lipinski definition) is 7. The van der Waals surface area contributed by atoms with Crippen LogP contribution in [0.15, 0.2) is 40.9 Å². The largest absolute Gasteiger partial charge is 0.507 e. The molecule has 0 bridgehead atoms. The molecule has 9 heteroatoms. The van der Waals surface area contributed by atoms with Crippen LogP contribution in [0.4, 0.5) is 0 Å². The molecule has 1 aromatic heterocycles. The summed E-state index contributed by atoms with van der Waals surface area (Å²) in [6.07, 6.45) is 1.33. The molecule has 0 unspecified atom stereocenters. The van der Waals surface area contributed by atoms with Crippen molar-refractivity contribution in [2.24, 2.45) is 0 Å². The van der Waals surface area contributed by atoms with Gasteiger partial charge in [-0.25, -0.2) is 0 Å². The fourth-order valence-corrected chi connectivity index (χ4v) is 4.15. The molecular weight excluding hydrogens is 446 g/mol. The van der Waals surface area contributed by atoms with Gasteiger partial charge in [0.15, 0.2) is 11.5 Å². The summed E-state index contributed by atoms with van der Waals surface area (Å²) in [5, 5.41) is 36.6. The van der Waals surface area contributed by atoms with Crippen molar-refractivity contribution in [3.8, 4) is 33.9 Å². The second-order valence-corrected chi connectivity index (χ2v) is 8.53. The average Bonchev–Trinajstić information content (AvgIpc) is 3.23. The molecule has 0 spiro atoms. The van der Waals surface area contributed by atoms with Gasteiger partial charge in [0, 0.05) is 32.2 Å². The fourth-order valence-electron chi connectivity index (χ4n) is 3.99. The van der Waals surface area contributed by atoms with E-state index in [2.05, 4.69) is 15.4 Å². The van der Waals surface area contributed by atoms with Crippen molar-refractivity contribution in [3.05, 3.63) is 52.7 Å². The smallest absolute Gasteiger partial charge is 0.274 e. The highest BCUT2D eigenvalue weighted by Crippen LogP contribution is 2.42. The molecule has 0 saturated carbocycles. The summed E-state index contributed by atoms with van der Waals surface area (Å²) in [7, 11) is 0. The van der Waals surface area contributed by atoms with E-state index >= 15 is 0 Å². The lowest BCUT2D eigenvalue weighted by atomic mass is 9.97. The Bertz CT molecular complexity index is 1140. The van der Waals surface area contributed by atoms with E-state index in [1.54, 1.807) is 6.92 Å². The summed E-state index contributed by atoms with van der Waals surface area (Å²) in [6.45, 7) is 4.68. The lowest BCUT2D eigenvalue weighted by Gasteiger charge is -2.29. The summed E-state index contributed by atoms with van der Waals surface area (Å²) in [6, 6.07) is 10.2. The molecule has 1 amide bonds. The van der Waals surface area contributed by atoms with Crippen LogP contribution in [-0.4, -0.2) is 57.0 Å². The first-order chi connectivity index (χ1) is 15.9. The Labute approximate surface area is 196 Å². The number of halogens is 1. The van der Waals surface area contributed by atoms with Gasteiger partial charge in [-0.1, -0.05) is 41.0 Å². The monoisotopic (exact) mass is 471 g/mol. The predicted octanol–water partition coefficient (Wildman–Crippen LogP) is 3.78. The number of hydrogen-bond donors (Lipinski definition) is 4. The summed E-state index contributed by atoms with van der Waals surface area (Å²) in [5.41, 5.74) is 2.52. The van der Waals surface area contributed by atoms with Crippen LogP contribution in [0.2, 0.25) is 5.02 Å².